The molecule has 3 N–H and O–H groups in total. The zero-order valence-corrected chi connectivity index (χ0v) is 10.4. The van der Waals surface area contributed by atoms with E-state index in [1.807, 2.05) is 0 Å². The molecule has 1 aliphatic heterocycles. The fourth-order valence-electron chi connectivity index (χ4n) is 1.92. The van der Waals surface area contributed by atoms with E-state index in [0.717, 1.165) is 0 Å². The Hall–Kier alpha value is -2.15. The van der Waals surface area contributed by atoms with Gasteiger partial charge in [0.2, 0.25) is 0 Å². The highest BCUT2D eigenvalue weighted by atomic mass is 16.5. The van der Waals surface area contributed by atoms with Gasteiger partial charge in [0.05, 0.1) is 6.61 Å². The minimum atomic E-state index is -1.45. The first-order valence-corrected chi connectivity index (χ1v) is 5.78. The monoisotopic (exact) mass is 266 g/mol. The standard InChI is InChI=1S/C12H14N2O5/c1-7-2-3-8(9(15)13-7)10(16)14-12(11(17)18)4-5-19-6-12/h2-3H,4-6H2,1H3,(H,13,15)(H,14,16)(H,17,18). The van der Waals surface area contributed by atoms with Crippen molar-refractivity contribution in [2.24, 2.45) is 0 Å². The third kappa shape index (κ3) is 2.50. The first kappa shape index (κ1) is 13.3. The first-order valence-electron chi connectivity index (χ1n) is 5.78. The summed E-state index contributed by atoms with van der Waals surface area (Å²) in [6.07, 6.45) is 0.178. The van der Waals surface area contributed by atoms with E-state index in [4.69, 9.17) is 4.74 Å². The van der Waals surface area contributed by atoms with Crippen molar-refractivity contribution >= 4 is 11.9 Å². The number of nitrogens with one attached hydrogen (secondary N) is 2. The number of aromatic amines is 1. The fraction of sp³-hybridized carbons (Fsp3) is 0.417. The van der Waals surface area contributed by atoms with Gasteiger partial charge in [-0.05, 0) is 19.1 Å². The summed E-state index contributed by atoms with van der Waals surface area (Å²) in [5.74, 6) is -1.88. The zero-order chi connectivity index (χ0) is 14.0. The van der Waals surface area contributed by atoms with Crippen molar-refractivity contribution in [1.29, 1.82) is 0 Å². The number of carboxylic acid groups (broad SMARTS) is 1. The smallest absolute Gasteiger partial charge is 0.331 e. The predicted octanol–water partition coefficient (Wildman–Crippen LogP) is -0.343. The highest BCUT2D eigenvalue weighted by molar-refractivity contribution is 5.97. The van der Waals surface area contributed by atoms with Gasteiger partial charge >= 0.3 is 5.97 Å². The molecule has 2 rings (SSSR count). The lowest BCUT2D eigenvalue weighted by molar-refractivity contribution is -0.144. The number of amides is 1. The normalized spacial score (nSPS) is 22.2. The summed E-state index contributed by atoms with van der Waals surface area (Å²) < 4.78 is 5.03. The number of rotatable bonds is 3. The lowest BCUT2D eigenvalue weighted by Gasteiger charge is -2.23. The quantitative estimate of drug-likeness (QED) is 0.693. The largest absolute Gasteiger partial charge is 0.479 e. The van der Waals surface area contributed by atoms with E-state index in [1.165, 1.54) is 6.07 Å². The third-order valence-electron chi connectivity index (χ3n) is 3.08. The van der Waals surface area contributed by atoms with Gasteiger partial charge in [0.1, 0.15) is 5.56 Å². The number of pyridine rings is 1. The van der Waals surface area contributed by atoms with Gasteiger partial charge in [-0.3, -0.25) is 9.59 Å². The van der Waals surface area contributed by atoms with Crippen LogP contribution in [0.2, 0.25) is 0 Å². The molecule has 1 aliphatic rings. The van der Waals surface area contributed by atoms with Crippen LogP contribution in [0, 0.1) is 6.92 Å². The molecule has 19 heavy (non-hydrogen) atoms. The minimum Gasteiger partial charge on any atom is -0.479 e. The number of carboxylic acids is 1. The maximum Gasteiger partial charge on any atom is 0.331 e. The molecule has 0 radical (unpaired) electrons. The van der Waals surface area contributed by atoms with Gasteiger partial charge in [-0.2, -0.15) is 0 Å². The van der Waals surface area contributed by atoms with Crippen LogP contribution in [-0.2, 0) is 9.53 Å². The van der Waals surface area contributed by atoms with Crippen molar-refractivity contribution in [2.45, 2.75) is 18.9 Å². The number of aliphatic carboxylic acids is 1. The van der Waals surface area contributed by atoms with Crippen molar-refractivity contribution in [1.82, 2.24) is 10.3 Å². The van der Waals surface area contributed by atoms with Crippen molar-refractivity contribution in [3.63, 3.8) is 0 Å². The Morgan fingerprint density at radius 1 is 1.47 bits per heavy atom. The van der Waals surface area contributed by atoms with E-state index in [-0.39, 0.29) is 25.2 Å². The van der Waals surface area contributed by atoms with Crippen LogP contribution in [0.3, 0.4) is 0 Å². The van der Waals surface area contributed by atoms with Crippen LogP contribution in [0.5, 0.6) is 0 Å². The summed E-state index contributed by atoms with van der Waals surface area (Å²) >= 11 is 0. The van der Waals surface area contributed by atoms with E-state index in [2.05, 4.69) is 10.3 Å². The van der Waals surface area contributed by atoms with Crippen molar-refractivity contribution in [2.75, 3.05) is 13.2 Å². The summed E-state index contributed by atoms with van der Waals surface area (Å²) in [4.78, 5) is 37.4. The van der Waals surface area contributed by atoms with Gasteiger partial charge in [-0.15, -0.1) is 0 Å². The van der Waals surface area contributed by atoms with Gasteiger partial charge < -0.3 is 20.1 Å². The third-order valence-corrected chi connectivity index (χ3v) is 3.08. The molecule has 1 saturated heterocycles. The lowest BCUT2D eigenvalue weighted by atomic mass is 9.98. The van der Waals surface area contributed by atoms with Crippen LogP contribution in [0.25, 0.3) is 0 Å². The second kappa shape index (κ2) is 4.85. The van der Waals surface area contributed by atoms with E-state index in [1.54, 1.807) is 13.0 Å². The van der Waals surface area contributed by atoms with E-state index >= 15 is 0 Å². The Bertz CT molecular complexity index is 572. The number of carbonyl (C=O) groups excluding carboxylic acids is 1. The van der Waals surface area contributed by atoms with Crippen LogP contribution in [0.15, 0.2) is 16.9 Å². The van der Waals surface area contributed by atoms with E-state index in [9.17, 15) is 19.5 Å². The van der Waals surface area contributed by atoms with Crippen molar-refractivity contribution < 1.29 is 19.4 Å². The molecule has 0 spiro atoms. The summed E-state index contributed by atoms with van der Waals surface area (Å²) in [6.45, 7) is 1.85. The first-order chi connectivity index (χ1) is 8.94. The van der Waals surface area contributed by atoms with Crippen LogP contribution in [-0.4, -0.2) is 40.7 Å². The summed E-state index contributed by atoms with van der Waals surface area (Å²) in [6, 6.07) is 2.95. The van der Waals surface area contributed by atoms with E-state index < -0.39 is 23.0 Å². The molecule has 102 valence electrons. The molecule has 1 fully saturated rings. The van der Waals surface area contributed by atoms with Crippen molar-refractivity contribution in [3.8, 4) is 0 Å². The summed E-state index contributed by atoms with van der Waals surface area (Å²) in [5.41, 5.74) is -1.48. The highest BCUT2D eigenvalue weighted by Gasteiger charge is 2.44. The molecule has 2 heterocycles. The van der Waals surface area contributed by atoms with Crippen LogP contribution in [0.4, 0.5) is 0 Å². The number of aryl methyl sites for hydroxylation is 1. The Balaban J connectivity index is 2.25. The number of carbonyl (C=O) groups is 2. The van der Waals surface area contributed by atoms with Gasteiger partial charge in [0.25, 0.3) is 11.5 Å². The molecule has 1 atom stereocenters. The van der Waals surface area contributed by atoms with Crippen molar-refractivity contribution in [3.05, 3.63) is 33.7 Å². The molecule has 0 bridgehead atoms. The number of hydrogen-bond acceptors (Lipinski definition) is 4. The topological polar surface area (TPSA) is 108 Å². The second-order valence-electron chi connectivity index (χ2n) is 4.53. The molecule has 1 unspecified atom stereocenters. The zero-order valence-electron chi connectivity index (χ0n) is 10.4. The number of H-pyrrole nitrogens is 1. The maximum atomic E-state index is 12.0. The second-order valence-corrected chi connectivity index (χ2v) is 4.53. The highest BCUT2D eigenvalue weighted by Crippen LogP contribution is 2.19. The molecule has 1 aromatic rings. The molecule has 0 aliphatic carbocycles. The lowest BCUT2D eigenvalue weighted by Crippen LogP contribution is -2.55. The fourth-order valence-corrected chi connectivity index (χ4v) is 1.92. The van der Waals surface area contributed by atoms with Gasteiger partial charge in [-0.1, -0.05) is 0 Å². The van der Waals surface area contributed by atoms with Gasteiger partial charge in [0.15, 0.2) is 5.54 Å². The molecule has 0 aromatic carbocycles. The molecule has 1 aromatic heterocycles. The molecule has 1 amide bonds. The molecular weight excluding hydrogens is 252 g/mol. The minimum absolute atomic E-state index is 0.0994. The SMILES string of the molecule is Cc1ccc(C(=O)NC2(C(=O)O)CCOC2)c(=O)[nH]1. The van der Waals surface area contributed by atoms with Gasteiger partial charge in [-0.25, -0.2) is 4.79 Å². The van der Waals surface area contributed by atoms with Crippen LogP contribution < -0.4 is 10.9 Å². The molecular formula is C12H14N2O5. The predicted molar refractivity (Wildman–Crippen MR) is 65.1 cm³/mol. The van der Waals surface area contributed by atoms with E-state index in [0.29, 0.717) is 5.69 Å². The average molecular weight is 266 g/mol. The number of ether oxygens (including phenoxy) is 1. The summed E-state index contributed by atoms with van der Waals surface area (Å²) in [5, 5.41) is 11.6. The molecule has 7 nitrogen and oxygen atoms in total. The Morgan fingerprint density at radius 3 is 2.74 bits per heavy atom. The van der Waals surface area contributed by atoms with Crippen LogP contribution in [0.1, 0.15) is 22.5 Å². The van der Waals surface area contributed by atoms with Gasteiger partial charge in [0, 0.05) is 18.7 Å². The Morgan fingerprint density at radius 2 is 2.21 bits per heavy atom. The molecule has 0 saturated carbocycles. The molecule has 7 heteroatoms. The number of hydrogen-bond donors (Lipinski definition) is 3. The Labute approximate surface area is 108 Å². The average Bonchev–Trinajstić information content (AvgIpc) is 2.78. The number of aromatic nitrogens is 1. The Kier molecular flexibility index (Phi) is 3.39. The maximum absolute atomic E-state index is 12.0. The van der Waals surface area contributed by atoms with Crippen LogP contribution >= 0.6 is 0 Å². The summed E-state index contributed by atoms with van der Waals surface area (Å²) in [7, 11) is 0.